The summed E-state index contributed by atoms with van der Waals surface area (Å²) in [6, 6.07) is 23.3. The van der Waals surface area contributed by atoms with Gasteiger partial charge in [-0.2, -0.15) is 0 Å². The second-order valence-electron chi connectivity index (χ2n) is 8.22. The average Bonchev–Trinajstić information content (AvgIpc) is 3.45. The number of anilines is 1. The van der Waals surface area contributed by atoms with Crippen LogP contribution in [0, 0.1) is 0 Å². The maximum absolute atomic E-state index is 13.0. The third kappa shape index (κ3) is 4.17. The highest BCUT2D eigenvalue weighted by atomic mass is 16.5. The van der Waals surface area contributed by atoms with E-state index in [9.17, 15) is 4.79 Å². The zero-order valence-corrected chi connectivity index (χ0v) is 19.3. The standard InChI is InChI=1S/C27H27N3O4/c1-32-21-9-7-8-20(17-21)30-18-19(16-26(30)31)27-28-22-10-3-4-11-23(22)29(27)14-15-34-25-13-6-5-12-24(25)33-2/h3-13,17,19H,14-16,18H2,1-2H3. The summed E-state index contributed by atoms with van der Waals surface area (Å²) in [5.41, 5.74) is 2.80. The van der Waals surface area contributed by atoms with Gasteiger partial charge < -0.3 is 23.7 Å². The predicted octanol–water partition coefficient (Wildman–Crippen LogP) is 4.65. The number of benzene rings is 3. The average molecular weight is 458 g/mol. The number of aromatic nitrogens is 2. The Labute approximate surface area is 198 Å². The molecule has 1 saturated heterocycles. The van der Waals surface area contributed by atoms with E-state index >= 15 is 0 Å². The molecule has 1 amide bonds. The van der Waals surface area contributed by atoms with E-state index in [1.165, 1.54) is 0 Å². The van der Waals surface area contributed by atoms with E-state index in [-0.39, 0.29) is 11.8 Å². The number of carbonyl (C=O) groups is 1. The lowest BCUT2D eigenvalue weighted by molar-refractivity contribution is -0.117. The van der Waals surface area contributed by atoms with Crippen LogP contribution in [-0.4, -0.2) is 42.8 Å². The summed E-state index contributed by atoms with van der Waals surface area (Å²) in [6.07, 6.45) is 0.411. The maximum atomic E-state index is 13.0. The minimum absolute atomic E-state index is 0.0163. The van der Waals surface area contributed by atoms with E-state index in [0.29, 0.717) is 37.6 Å². The molecule has 34 heavy (non-hydrogen) atoms. The number of carbonyl (C=O) groups excluding carboxylic acids is 1. The fourth-order valence-electron chi connectivity index (χ4n) is 4.53. The Kier molecular flexibility index (Phi) is 6.08. The van der Waals surface area contributed by atoms with Gasteiger partial charge in [-0.15, -0.1) is 0 Å². The number of para-hydroxylation sites is 4. The molecule has 4 aromatic rings. The molecule has 1 unspecified atom stereocenters. The number of imidazole rings is 1. The first-order valence-electron chi connectivity index (χ1n) is 11.3. The SMILES string of the molecule is COc1cccc(N2CC(c3nc4ccccc4n3CCOc3ccccc3OC)CC2=O)c1. The van der Waals surface area contributed by atoms with Crippen LogP contribution in [0.2, 0.25) is 0 Å². The Hall–Kier alpha value is -4.00. The summed E-state index contributed by atoms with van der Waals surface area (Å²) in [5, 5.41) is 0. The molecule has 1 atom stereocenters. The van der Waals surface area contributed by atoms with Crippen molar-refractivity contribution in [1.29, 1.82) is 0 Å². The molecule has 0 bridgehead atoms. The molecular weight excluding hydrogens is 430 g/mol. The Morgan fingerprint density at radius 3 is 2.56 bits per heavy atom. The third-order valence-corrected chi connectivity index (χ3v) is 6.18. The molecule has 0 aliphatic carbocycles. The van der Waals surface area contributed by atoms with Crippen molar-refractivity contribution in [2.24, 2.45) is 0 Å². The zero-order chi connectivity index (χ0) is 23.5. The number of nitrogens with zero attached hydrogens (tertiary/aromatic N) is 3. The first-order chi connectivity index (χ1) is 16.7. The normalized spacial score (nSPS) is 15.6. The topological polar surface area (TPSA) is 65.8 Å². The smallest absolute Gasteiger partial charge is 0.227 e. The summed E-state index contributed by atoms with van der Waals surface area (Å²) in [6.45, 7) is 1.63. The van der Waals surface area contributed by atoms with Crippen LogP contribution < -0.4 is 19.1 Å². The van der Waals surface area contributed by atoms with Gasteiger partial charge >= 0.3 is 0 Å². The number of ether oxygens (including phenoxy) is 3. The van der Waals surface area contributed by atoms with Gasteiger partial charge in [-0.3, -0.25) is 4.79 Å². The lowest BCUT2D eigenvalue weighted by Gasteiger charge is -2.18. The molecule has 1 aromatic heterocycles. The van der Waals surface area contributed by atoms with Crippen LogP contribution in [0.25, 0.3) is 11.0 Å². The summed E-state index contributed by atoms with van der Waals surface area (Å²) >= 11 is 0. The van der Waals surface area contributed by atoms with Crippen molar-refractivity contribution in [2.45, 2.75) is 18.9 Å². The molecule has 2 heterocycles. The van der Waals surface area contributed by atoms with E-state index in [1.54, 1.807) is 14.2 Å². The molecule has 0 radical (unpaired) electrons. The van der Waals surface area contributed by atoms with Crippen molar-refractivity contribution in [3.05, 3.63) is 78.6 Å². The third-order valence-electron chi connectivity index (χ3n) is 6.18. The summed E-state index contributed by atoms with van der Waals surface area (Å²) in [5.74, 6) is 3.11. The van der Waals surface area contributed by atoms with Gasteiger partial charge in [-0.1, -0.05) is 30.3 Å². The van der Waals surface area contributed by atoms with E-state index in [0.717, 1.165) is 28.3 Å². The van der Waals surface area contributed by atoms with E-state index < -0.39 is 0 Å². The maximum Gasteiger partial charge on any atom is 0.227 e. The lowest BCUT2D eigenvalue weighted by atomic mass is 10.1. The first-order valence-corrected chi connectivity index (χ1v) is 11.3. The highest BCUT2D eigenvalue weighted by Crippen LogP contribution is 2.34. The van der Waals surface area contributed by atoms with Crippen LogP contribution in [-0.2, 0) is 11.3 Å². The van der Waals surface area contributed by atoms with Crippen molar-refractivity contribution < 1.29 is 19.0 Å². The molecule has 1 aliphatic heterocycles. The predicted molar refractivity (Wildman–Crippen MR) is 131 cm³/mol. The van der Waals surface area contributed by atoms with Crippen molar-refractivity contribution in [2.75, 3.05) is 32.3 Å². The highest BCUT2D eigenvalue weighted by molar-refractivity contribution is 5.96. The molecule has 0 N–H and O–H groups in total. The van der Waals surface area contributed by atoms with Crippen LogP contribution in [0.15, 0.2) is 72.8 Å². The van der Waals surface area contributed by atoms with Crippen molar-refractivity contribution in [3.63, 3.8) is 0 Å². The van der Waals surface area contributed by atoms with Gasteiger partial charge in [-0.25, -0.2) is 4.98 Å². The molecule has 174 valence electrons. The minimum Gasteiger partial charge on any atom is -0.497 e. The van der Waals surface area contributed by atoms with Gasteiger partial charge in [0.2, 0.25) is 5.91 Å². The van der Waals surface area contributed by atoms with Gasteiger partial charge in [0.1, 0.15) is 18.2 Å². The summed E-state index contributed by atoms with van der Waals surface area (Å²) in [7, 11) is 3.26. The molecule has 7 nitrogen and oxygen atoms in total. The van der Waals surface area contributed by atoms with Gasteiger partial charge in [0, 0.05) is 30.6 Å². The molecule has 3 aromatic carbocycles. The largest absolute Gasteiger partial charge is 0.497 e. The molecule has 7 heteroatoms. The van der Waals surface area contributed by atoms with Gasteiger partial charge in [0.15, 0.2) is 11.5 Å². The van der Waals surface area contributed by atoms with Gasteiger partial charge in [0.05, 0.1) is 31.8 Å². The number of rotatable bonds is 8. The number of hydrogen-bond acceptors (Lipinski definition) is 5. The van der Waals surface area contributed by atoms with E-state index in [2.05, 4.69) is 10.6 Å². The quantitative estimate of drug-likeness (QED) is 0.385. The van der Waals surface area contributed by atoms with Crippen molar-refractivity contribution in [3.8, 4) is 17.2 Å². The fraction of sp³-hybridized carbons (Fsp3) is 0.259. The van der Waals surface area contributed by atoms with Crippen molar-refractivity contribution in [1.82, 2.24) is 9.55 Å². The second kappa shape index (κ2) is 9.47. The summed E-state index contributed by atoms with van der Waals surface area (Å²) in [4.78, 5) is 19.7. The zero-order valence-electron chi connectivity index (χ0n) is 19.3. The number of fused-ring (bicyclic) bond motifs is 1. The molecule has 0 saturated carbocycles. The Bertz CT molecular complexity index is 1320. The van der Waals surface area contributed by atoms with Crippen LogP contribution in [0.5, 0.6) is 17.2 Å². The lowest BCUT2D eigenvalue weighted by Crippen LogP contribution is -2.24. The molecular formula is C27H27N3O4. The fourth-order valence-corrected chi connectivity index (χ4v) is 4.53. The van der Waals surface area contributed by atoms with Crippen LogP contribution in [0.3, 0.4) is 0 Å². The van der Waals surface area contributed by atoms with E-state index in [1.807, 2.05) is 71.6 Å². The highest BCUT2D eigenvalue weighted by Gasteiger charge is 2.35. The number of amides is 1. The van der Waals surface area contributed by atoms with Crippen LogP contribution >= 0.6 is 0 Å². The Balaban J connectivity index is 1.40. The molecule has 0 spiro atoms. The second-order valence-corrected chi connectivity index (χ2v) is 8.22. The molecule has 1 fully saturated rings. The van der Waals surface area contributed by atoms with E-state index in [4.69, 9.17) is 19.2 Å². The van der Waals surface area contributed by atoms with Gasteiger partial charge in [-0.05, 0) is 36.4 Å². The Morgan fingerprint density at radius 2 is 1.74 bits per heavy atom. The Morgan fingerprint density at radius 1 is 0.941 bits per heavy atom. The minimum atomic E-state index is -0.0163. The monoisotopic (exact) mass is 457 g/mol. The van der Waals surface area contributed by atoms with Gasteiger partial charge in [0.25, 0.3) is 0 Å². The first kappa shape index (κ1) is 21.8. The van der Waals surface area contributed by atoms with Crippen molar-refractivity contribution >= 4 is 22.6 Å². The summed E-state index contributed by atoms with van der Waals surface area (Å²) < 4.78 is 19.0. The van der Waals surface area contributed by atoms with Crippen LogP contribution in [0.4, 0.5) is 5.69 Å². The molecule has 5 rings (SSSR count). The molecule has 1 aliphatic rings. The number of methoxy groups -OCH3 is 2. The van der Waals surface area contributed by atoms with Crippen LogP contribution in [0.1, 0.15) is 18.2 Å². The number of hydrogen-bond donors (Lipinski definition) is 0.